The molecule has 0 radical (unpaired) electrons. The van der Waals surface area contributed by atoms with Gasteiger partial charge >= 0.3 is 0 Å². The van der Waals surface area contributed by atoms with Gasteiger partial charge in [0.15, 0.2) is 5.88 Å². The molecule has 78 valence electrons. The third-order valence-electron chi connectivity index (χ3n) is 2.84. The lowest BCUT2D eigenvalue weighted by Crippen LogP contribution is -2.37. The van der Waals surface area contributed by atoms with Crippen molar-refractivity contribution in [3.63, 3.8) is 0 Å². The second-order valence-corrected chi connectivity index (χ2v) is 4.24. The van der Waals surface area contributed by atoms with Gasteiger partial charge in [-0.2, -0.15) is 0 Å². The molecule has 3 heteroatoms. The van der Waals surface area contributed by atoms with Crippen molar-refractivity contribution in [3.8, 4) is 0 Å². The summed E-state index contributed by atoms with van der Waals surface area (Å²) in [6.07, 6.45) is 3.15. The normalized spacial score (nSPS) is 27.1. The van der Waals surface area contributed by atoms with Gasteiger partial charge in [-0.3, -0.25) is 0 Å². The quantitative estimate of drug-likeness (QED) is 0.669. The van der Waals surface area contributed by atoms with Crippen molar-refractivity contribution in [1.29, 1.82) is 0 Å². The molecule has 0 amide bonds. The number of aliphatic hydroxyl groups is 1. The topological polar surface area (TPSA) is 41.5 Å². The van der Waals surface area contributed by atoms with E-state index in [-0.39, 0.29) is 6.04 Å². The van der Waals surface area contributed by atoms with Crippen LogP contribution in [0.1, 0.15) is 20.3 Å². The van der Waals surface area contributed by atoms with Crippen molar-refractivity contribution >= 4 is 0 Å². The third-order valence-corrected chi connectivity index (χ3v) is 2.84. The van der Waals surface area contributed by atoms with Crippen LogP contribution in [0.2, 0.25) is 0 Å². The van der Waals surface area contributed by atoms with E-state index < -0.39 is 0 Å². The Balaban J connectivity index is 2.23. The molecule has 0 saturated carbocycles. The third kappa shape index (κ3) is 1.64. The van der Waals surface area contributed by atoms with Crippen LogP contribution in [0, 0.1) is 5.92 Å². The minimum absolute atomic E-state index is 0.256. The van der Waals surface area contributed by atoms with Crippen LogP contribution >= 0.6 is 0 Å². The lowest BCUT2D eigenvalue weighted by Gasteiger charge is -2.30. The van der Waals surface area contributed by atoms with Crippen LogP contribution in [0.15, 0.2) is 23.1 Å². The first kappa shape index (κ1) is 9.59. The Morgan fingerprint density at radius 2 is 2.36 bits per heavy atom. The number of aliphatic hydroxyl groups excluding tert-OH is 1. The van der Waals surface area contributed by atoms with Gasteiger partial charge in [-0.05, 0) is 17.9 Å². The first-order valence-electron chi connectivity index (χ1n) is 5.16. The highest BCUT2D eigenvalue weighted by molar-refractivity contribution is 5.39. The molecule has 1 fully saturated rings. The van der Waals surface area contributed by atoms with Crippen LogP contribution in [0.4, 0.5) is 0 Å². The van der Waals surface area contributed by atoms with Gasteiger partial charge in [0, 0.05) is 5.57 Å². The molecule has 0 bridgehead atoms. The van der Waals surface area contributed by atoms with Gasteiger partial charge in [0.1, 0.15) is 0 Å². The molecule has 1 unspecified atom stereocenters. The second kappa shape index (κ2) is 3.65. The van der Waals surface area contributed by atoms with Crippen molar-refractivity contribution in [1.82, 2.24) is 5.32 Å². The van der Waals surface area contributed by atoms with E-state index in [1.807, 2.05) is 0 Å². The zero-order chi connectivity index (χ0) is 10.1. The van der Waals surface area contributed by atoms with Gasteiger partial charge in [0.05, 0.1) is 19.3 Å². The maximum absolute atomic E-state index is 9.77. The SMILES string of the molecule is CC(C)C1C=C2CCOCC2=C(O)N1. The Hall–Kier alpha value is -0.960. The minimum atomic E-state index is 0.256. The average Bonchev–Trinajstić information content (AvgIpc) is 2.17. The van der Waals surface area contributed by atoms with Gasteiger partial charge in [0.25, 0.3) is 0 Å². The predicted octanol–water partition coefficient (Wildman–Crippen LogP) is 1.73. The van der Waals surface area contributed by atoms with Crippen molar-refractivity contribution in [3.05, 3.63) is 23.1 Å². The Morgan fingerprint density at radius 1 is 1.57 bits per heavy atom. The number of hydrogen-bond donors (Lipinski definition) is 2. The molecule has 3 nitrogen and oxygen atoms in total. The second-order valence-electron chi connectivity index (χ2n) is 4.24. The summed E-state index contributed by atoms with van der Waals surface area (Å²) in [5.41, 5.74) is 2.19. The lowest BCUT2D eigenvalue weighted by atomic mass is 9.92. The van der Waals surface area contributed by atoms with E-state index >= 15 is 0 Å². The molecule has 2 aliphatic rings. The van der Waals surface area contributed by atoms with E-state index in [4.69, 9.17) is 4.74 Å². The van der Waals surface area contributed by atoms with E-state index in [0.29, 0.717) is 18.4 Å². The van der Waals surface area contributed by atoms with Crippen LogP contribution in [0.5, 0.6) is 0 Å². The zero-order valence-corrected chi connectivity index (χ0v) is 8.71. The highest BCUT2D eigenvalue weighted by Gasteiger charge is 2.25. The summed E-state index contributed by atoms with van der Waals surface area (Å²) in [4.78, 5) is 0. The highest BCUT2D eigenvalue weighted by atomic mass is 16.5. The minimum Gasteiger partial charge on any atom is -0.495 e. The monoisotopic (exact) mass is 195 g/mol. The first-order chi connectivity index (χ1) is 6.68. The van der Waals surface area contributed by atoms with Crippen LogP contribution < -0.4 is 5.32 Å². The molecular formula is C11H17NO2. The summed E-state index contributed by atoms with van der Waals surface area (Å²) in [7, 11) is 0. The van der Waals surface area contributed by atoms with Gasteiger partial charge in [-0.25, -0.2) is 0 Å². The number of nitrogens with one attached hydrogen (secondary N) is 1. The smallest absolute Gasteiger partial charge is 0.190 e. The Kier molecular flexibility index (Phi) is 2.50. The molecule has 2 heterocycles. The van der Waals surface area contributed by atoms with Crippen LogP contribution in [-0.4, -0.2) is 24.4 Å². The number of ether oxygens (including phenoxy) is 1. The number of hydrogen-bond acceptors (Lipinski definition) is 3. The zero-order valence-electron chi connectivity index (χ0n) is 8.71. The fraction of sp³-hybridized carbons (Fsp3) is 0.636. The predicted molar refractivity (Wildman–Crippen MR) is 54.9 cm³/mol. The van der Waals surface area contributed by atoms with Gasteiger partial charge in [0.2, 0.25) is 0 Å². The average molecular weight is 195 g/mol. The fourth-order valence-corrected chi connectivity index (χ4v) is 1.87. The molecule has 0 aromatic heterocycles. The summed E-state index contributed by atoms with van der Waals surface area (Å²) in [6.45, 7) is 5.60. The van der Waals surface area contributed by atoms with Crippen LogP contribution in [-0.2, 0) is 4.74 Å². The van der Waals surface area contributed by atoms with E-state index in [1.54, 1.807) is 0 Å². The molecule has 1 saturated heterocycles. The molecule has 2 rings (SSSR count). The number of dihydropyridines is 1. The molecule has 0 aliphatic carbocycles. The van der Waals surface area contributed by atoms with Crippen molar-refractivity contribution < 1.29 is 9.84 Å². The van der Waals surface area contributed by atoms with Gasteiger partial charge in [-0.1, -0.05) is 19.9 Å². The van der Waals surface area contributed by atoms with Crippen molar-refractivity contribution in [2.45, 2.75) is 26.3 Å². The maximum atomic E-state index is 9.77. The van der Waals surface area contributed by atoms with Crippen LogP contribution in [0.3, 0.4) is 0 Å². The van der Waals surface area contributed by atoms with E-state index in [0.717, 1.165) is 18.6 Å². The largest absolute Gasteiger partial charge is 0.495 e. The number of fused-ring (bicyclic) bond motifs is 1. The van der Waals surface area contributed by atoms with E-state index in [2.05, 4.69) is 25.2 Å². The summed E-state index contributed by atoms with van der Waals surface area (Å²) >= 11 is 0. The van der Waals surface area contributed by atoms with Crippen LogP contribution in [0.25, 0.3) is 0 Å². The van der Waals surface area contributed by atoms with Crippen molar-refractivity contribution in [2.24, 2.45) is 5.92 Å². The van der Waals surface area contributed by atoms with E-state index in [9.17, 15) is 5.11 Å². The fourth-order valence-electron chi connectivity index (χ4n) is 1.87. The molecule has 0 aromatic rings. The lowest BCUT2D eigenvalue weighted by molar-refractivity contribution is 0.137. The van der Waals surface area contributed by atoms with E-state index in [1.165, 1.54) is 5.57 Å². The molecule has 0 spiro atoms. The summed E-state index contributed by atoms with van der Waals surface area (Å²) in [5.74, 6) is 0.801. The van der Waals surface area contributed by atoms with Gasteiger partial charge in [-0.15, -0.1) is 0 Å². The Bertz CT molecular complexity index is 292. The molecular weight excluding hydrogens is 178 g/mol. The molecule has 0 aromatic carbocycles. The first-order valence-corrected chi connectivity index (χ1v) is 5.16. The Labute approximate surface area is 84.5 Å². The molecule has 14 heavy (non-hydrogen) atoms. The maximum Gasteiger partial charge on any atom is 0.190 e. The Morgan fingerprint density at radius 3 is 3.07 bits per heavy atom. The number of rotatable bonds is 1. The molecule has 2 aliphatic heterocycles. The molecule has 1 atom stereocenters. The highest BCUT2D eigenvalue weighted by Crippen LogP contribution is 2.27. The summed E-state index contributed by atoms with van der Waals surface area (Å²) in [5, 5.41) is 12.9. The van der Waals surface area contributed by atoms with Crippen molar-refractivity contribution in [2.75, 3.05) is 13.2 Å². The standard InChI is InChI=1S/C11H17NO2/c1-7(2)10-5-8-3-4-14-6-9(8)11(13)12-10/h5,7,10,12-13H,3-4,6H2,1-2H3. The summed E-state index contributed by atoms with van der Waals surface area (Å²) < 4.78 is 5.31. The molecule has 2 N–H and O–H groups in total. The van der Waals surface area contributed by atoms with Gasteiger partial charge < -0.3 is 15.2 Å². The summed E-state index contributed by atoms with van der Waals surface area (Å²) in [6, 6.07) is 0.256.